The zero-order valence-electron chi connectivity index (χ0n) is 14.6. The minimum atomic E-state index is -3.84. The van der Waals surface area contributed by atoms with Gasteiger partial charge in [0.1, 0.15) is 4.90 Å². The van der Waals surface area contributed by atoms with Crippen LogP contribution in [0.15, 0.2) is 39.7 Å². The number of aryl methyl sites for hydroxylation is 1. The lowest BCUT2D eigenvalue weighted by molar-refractivity contribution is -0.119. The van der Waals surface area contributed by atoms with E-state index in [2.05, 4.69) is 20.7 Å². The topological polar surface area (TPSA) is 66.5 Å². The van der Waals surface area contributed by atoms with Crippen molar-refractivity contribution in [2.75, 3.05) is 16.2 Å². The number of nitrogens with zero attached hydrogens (tertiary/aromatic N) is 1. The second-order valence-corrected chi connectivity index (χ2v) is 9.91. The van der Waals surface area contributed by atoms with E-state index in [1.807, 2.05) is 6.92 Å². The molecule has 2 aromatic rings. The van der Waals surface area contributed by atoms with Crippen molar-refractivity contribution < 1.29 is 13.2 Å². The second-order valence-electron chi connectivity index (χ2n) is 6.99. The van der Waals surface area contributed by atoms with Gasteiger partial charge >= 0.3 is 0 Å². The highest BCUT2D eigenvalue weighted by Gasteiger charge is 2.37. The predicted octanol–water partition coefficient (Wildman–Crippen LogP) is 4.51. The van der Waals surface area contributed by atoms with Crippen LogP contribution in [-0.4, -0.2) is 20.9 Å². The molecule has 1 N–H and O–H groups in total. The fourth-order valence-electron chi connectivity index (χ4n) is 3.24. The molecule has 0 saturated heterocycles. The Labute approximate surface area is 171 Å². The molecule has 0 bridgehead atoms. The summed E-state index contributed by atoms with van der Waals surface area (Å²) in [6, 6.07) is 8.40. The summed E-state index contributed by atoms with van der Waals surface area (Å²) in [7, 11) is -3.84. The lowest BCUT2D eigenvalue weighted by atomic mass is 10.2. The van der Waals surface area contributed by atoms with E-state index < -0.39 is 10.0 Å². The molecule has 2 aromatic carbocycles. The third-order valence-electron chi connectivity index (χ3n) is 4.93. The lowest BCUT2D eigenvalue weighted by Crippen LogP contribution is -2.30. The van der Waals surface area contributed by atoms with Crippen molar-refractivity contribution in [3.63, 3.8) is 0 Å². The van der Waals surface area contributed by atoms with E-state index in [4.69, 9.17) is 11.6 Å². The van der Waals surface area contributed by atoms with E-state index in [1.54, 1.807) is 35.2 Å². The highest BCUT2D eigenvalue weighted by Crippen LogP contribution is 2.39. The van der Waals surface area contributed by atoms with Crippen LogP contribution in [0.2, 0.25) is 5.02 Å². The third-order valence-corrected chi connectivity index (χ3v) is 7.68. The fourth-order valence-corrected chi connectivity index (χ4v) is 5.58. The normalized spacial score (nSPS) is 16.3. The van der Waals surface area contributed by atoms with Gasteiger partial charge in [-0.1, -0.05) is 17.7 Å². The Morgan fingerprint density at radius 3 is 2.67 bits per heavy atom. The molecule has 27 heavy (non-hydrogen) atoms. The van der Waals surface area contributed by atoms with Gasteiger partial charge in [-0.3, -0.25) is 9.52 Å². The van der Waals surface area contributed by atoms with Crippen molar-refractivity contribution >= 4 is 54.8 Å². The van der Waals surface area contributed by atoms with E-state index >= 15 is 0 Å². The van der Waals surface area contributed by atoms with Crippen LogP contribution in [0.25, 0.3) is 0 Å². The highest BCUT2D eigenvalue weighted by molar-refractivity contribution is 9.10. The molecular weight excluding hydrogens is 452 g/mol. The van der Waals surface area contributed by atoms with Crippen molar-refractivity contribution in [2.45, 2.75) is 31.1 Å². The van der Waals surface area contributed by atoms with Gasteiger partial charge in [-0.25, -0.2) is 8.42 Å². The van der Waals surface area contributed by atoms with Gasteiger partial charge in [-0.15, -0.1) is 0 Å². The van der Waals surface area contributed by atoms with Gasteiger partial charge in [0, 0.05) is 27.6 Å². The number of anilines is 2. The monoisotopic (exact) mass is 468 g/mol. The van der Waals surface area contributed by atoms with E-state index in [-0.39, 0.29) is 16.7 Å². The number of halogens is 2. The summed E-state index contributed by atoms with van der Waals surface area (Å²) in [6.07, 6.45) is 2.57. The molecule has 1 heterocycles. The zero-order chi connectivity index (χ0) is 19.3. The largest absolute Gasteiger partial charge is 0.312 e. The number of carbonyl (C=O) groups excluding carboxylic acids is 1. The first-order valence-corrected chi connectivity index (χ1v) is 11.3. The summed E-state index contributed by atoms with van der Waals surface area (Å²) in [5, 5.41) is 0.490. The number of amides is 1. The highest BCUT2D eigenvalue weighted by atomic mass is 79.9. The average Bonchev–Trinajstić information content (AvgIpc) is 3.37. The molecule has 1 amide bonds. The van der Waals surface area contributed by atoms with Gasteiger partial charge in [0.2, 0.25) is 5.91 Å². The number of hydrogen-bond acceptors (Lipinski definition) is 3. The number of carbonyl (C=O) groups is 1. The Morgan fingerprint density at radius 2 is 2.00 bits per heavy atom. The molecule has 1 fully saturated rings. The van der Waals surface area contributed by atoms with E-state index in [0.29, 0.717) is 27.4 Å². The molecule has 0 spiro atoms. The van der Waals surface area contributed by atoms with E-state index in [0.717, 1.165) is 30.4 Å². The standard InChI is InChI=1S/C19H18BrClN2O3S/c1-11-2-5-14(9-16(11)21)22-27(25,26)18-10-17-13(8-15(18)20)6-7-23(17)19(24)12-3-4-12/h2,5,8-10,12,22H,3-4,6-7H2,1H3. The molecular formula is C19H18BrClN2O3S. The number of fused-ring (bicyclic) bond motifs is 1. The SMILES string of the molecule is Cc1ccc(NS(=O)(=O)c2cc3c(cc2Br)CCN3C(=O)C2CC2)cc1Cl. The summed E-state index contributed by atoms with van der Waals surface area (Å²) >= 11 is 9.47. The molecule has 0 radical (unpaired) electrons. The lowest BCUT2D eigenvalue weighted by Gasteiger charge is -2.19. The van der Waals surface area contributed by atoms with Gasteiger partial charge in [-0.05, 0) is 77.5 Å². The molecule has 0 unspecified atom stereocenters. The number of hydrogen-bond donors (Lipinski definition) is 1. The molecule has 0 atom stereocenters. The van der Waals surface area contributed by atoms with Crippen molar-refractivity contribution in [1.29, 1.82) is 0 Å². The van der Waals surface area contributed by atoms with Crippen LogP contribution >= 0.6 is 27.5 Å². The number of nitrogens with one attached hydrogen (secondary N) is 1. The Morgan fingerprint density at radius 1 is 1.26 bits per heavy atom. The second kappa shape index (κ2) is 6.79. The maximum absolute atomic E-state index is 13.0. The average molecular weight is 470 g/mol. The summed E-state index contributed by atoms with van der Waals surface area (Å²) < 4.78 is 29.0. The first-order valence-electron chi connectivity index (χ1n) is 8.69. The Hall–Kier alpha value is -1.57. The summed E-state index contributed by atoms with van der Waals surface area (Å²) in [5.41, 5.74) is 2.93. The van der Waals surface area contributed by atoms with Crippen LogP contribution in [0, 0.1) is 12.8 Å². The van der Waals surface area contributed by atoms with Crippen LogP contribution in [0.3, 0.4) is 0 Å². The van der Waals surface area contributed by atoms with E-state index in [9.17, 15) is 13.2 Å². The first kappa shape index (κ1) is 18.8. The Kier molecular flexibility index (Phi) is 4.72. The van der Waals surface area contributed by atoms with Crippen LogP contribution in [0.4, 0.5) is 11.4 Å². The number of benzene rings is 2. The first-order chi connectivity index (χ1) is 12.8. The van der Waals surface area contributed by atoms with Crippen molar-refractivity contribution in [3.05, 3.63) is 51.0 Å². The minimum absolute atomic E-state index is 0.0903. The fraction of sp³-hybridized carbons (Fsp3) is 0.316. The zero-order valence-corrected chi connectivity index (χ0v) is 17.8. The third kappa shape index (κ3) is 3.60. The molecule has 142 valence electrons. The maximum Gasteiger partial charge on any atom is 0.263 e. The van der Waals surface area contributed by atoms with Crippen LogP contribution < -0.4 is 9.62 Å². The van der Waals surface area contributed by atoms with Crippen molar-refractivity contribution in [1.82, 2.24) is 0 Å². The van der Waals surface area contributed by atoms with E-state index in [1.165, 1.54) is 0 Å². The van der Waals surface area contributed by atoms with Crippen LogP contribution in [0.5, 0.6) is 0 Å². The molecule has 5 nitrogen and oxygen atoms in total. The molecule has 0 aromatic heterocycles. The van der Waals surface area contributed by atoms with Gasteiger partial charge in [0.25, 0.3) is 10.0 Å². The summed E-state index contributed by atoms with van der Waals surface area (Å²) in [4.78, 5) is 14.3. The molecule has 8 heteroatoms. The van der Waals surface area contributed by atoms with Crippen molar-refractivity contribution in [2.24, 2.45) is 5.92 Å². The molecule has 4 rings (SSSR count). The maximum atomic E-state index is 13.0. The van der Waals surface area contributed by atoms with Gasteiger partial charge < -0.3 is 4.90 Å². The summed E-state index contributed by atoms with van der Waals surface area (Å²) in [6.45, 7) is 2.45. The molecule has 2 aliphatic rings. The van der Waals surface area contributed by atoms with Crippen LogP contribution in [0.1, 0.15) is 24.0 Å². The van der Waals surface area contributed by atoms with Gasteiger partial charge in [0.15, 0.2) is 0 Å². The Balaban J connectivity index is 1.69. The molecule has 1 aliphatic heterocycles. The van der Waals surface area contributed by atoms with Gasteiger partial charge in [0.05, 0.1) is 5.69 Å². The molecule has 1 saturated carbocycles. The smallest absolute Gasteiger partial charge is 0.263 e. The minimum Gasteiger partial charge on any atom is -0.312 e. The number of sulfonamides is 1. The van der Waals surface area contributed by atoms with Crippen molar-refractivity contribution in [3.8, 4) is 0 Å². The Bertz CT molecular complexity index is 1050. The molecule has 1 aliphatic carbocycles. The number of rotatable bonds is 4. The van der Waals surface area contributed by atoms with Gasteiger partial charge in [-0.2, -0.15) is 0 Å². The predicted molar refractivity (Wildman–Crippen MR) is 110 cm³/mol. The van der Waals surface area contributed by atoms with Crippen LogP contribution in [-0.2, 0) is 21.2 Å². The quantitative estimate of drug-likeness (QED) is 0.716. The summed E-state index contributed by atoms with van der Waals surface area (Å²) in [5.74, 6) is 0.185.